The number of thiazole rings is 1. The Balaban J connectivity index is 1.72. The van der Waals surface area contributed by atoms with Gasteiger partial charge < -0.3 is 14.6 Å². The number of nitrogens with one attached hydrogen (secondary N) is 1. The Morgan fingerprint density at radius 3 is 3.11 bits per heavy atom. The molecule has 0 aliphatic carbocycles. The van der Waals surface area contributed by atoms with E-state index in [2.05, 4.69) is 19.9 Å². The van der Waals surface area contributed by atoms with E-state index in [4.69, 9.17) is 4.74 Å². The summed E-state index contributed by atoms with van der Waals surface area (Å²) in [5.74, 6) is 0.924. The van der Waals surface area contributed by atoms with Gasteiger partial charge in [-0.05, 0) is 13.3 Å². The molecule has 104 valence electrons. The number of aromatic nitrogens is 3. The highest BCUT2D eigenvalue weighted by Gasteiger charge is 2.02. The van der Waals surface area contributed by atoms with E-state index in [0.717, 1.165) is 50.1 Å². The van der Waals surface area contributed by atoms with Crippen LogP contribution in [-0.4, -0.2) is 34.3 Å². The summed E-state index contributed by atoms with van der Waals surface area (Å²) in [7, 11) is 0. The second-order valence-corrected chi connectivity index (χ2v) is 5.08. The molecule has 0 amide bonds. The van der Waals surface area contributed by atoms with Gasteiger partial charge >= 0.3 is 0 Å². The van der Waals surface area contributed by atoms with Crippen LogP contribution in [0, 0.1) is 0 Å². The zero-order chi connectivity index (χ0) is 13.3. The summed E-state index contributed by atoms with van der Waals surface area (Å²) in [6, 6.07) is 0. The molecule has 2 heterocycles. The molecular weight excluding hydrogens is 260 g/mol. The quantitative estimate of drug-likeness (QED) is 0.717. The average molecular weight is 280 g/mol. The predicted molar refractivity (Wildman–Crippen MR) is 77.6 cm³/mol. The van der Waals surface area contributed by atoms with E-state index in [-0.39, 0.29) is 0 Å². The fraction of sp³-hybridized carbons (Fsp3) is 0.538. The highest BCUT2D eigenvalue weighted by Crippen LogP contribution is 2.08. The first-order valence-corrected chi connectivity index (χ1v) is 7.49. The minimum absolute atomic E-state index is 0.781. The van der Waals surface area contributed by atoms with E-state index < -0.39 is 0 Å². The van der Waals surface area contributed by atoms with Crippen molar-refractivity contribution in [3.63, 3.8) is 0 Å². The van der Waals surface area contributed by atoms with Gasteiger partial charge in [0.2, 0.25) is 5.95 Å². The largest absolute Gasteiger partial charge is 0.382 e. The first-order valence-electron chi connectivity index (χ1n) is 6.61. The van der Waals surface area contributed by atoms with Crippen molar-refractivity contribution in [1.29, 1.82) is 0 Å². The predicted octanol–water partition coefficient (Wildman–Crippen LogP) is 2.42. The van der Waals surface area contributed by atoms with Crippen LogP contribution >= 0.6 is 11.3 Å². The van der Waals surface area contributed by atoms with Crippen LogP contribution in [0.25, 0.3) is 0 Å². The summed E-state index contributed by atoms with van der Waals surface area (Å²) < 4.78 is 7.47. The van der Waals surface area contributed by atoms with Gasteiger partial charge in [0.15, 0.2) is 0 Å². The molecule has 6 heteroatoms. The van der Waals surface area contributed by atoms with Gasteiger partial charge in [-0.15, -0.1) is 11.3 Å². The lowest BCUT2D eigenvalue weighted by Gasteiger charge is -2.09. The van der Waals surface area contributed by atoms with Crippen LogP contribution in [0.2, 0.25) is 0 Å². The molecule has 0 aliphatic heterocycles. The van der Waals surface area contributed by atoms with Gasteiger partial charge in [-0.2, -0.15) is 0 Å². The van der Waals surface area contributed by atoms with E-state index >= 15 is 0 Å². The number of hydrogen-bond donors (Lipinski definition) is 1. The van der Waals surface area contributed by atoms with E-state index in [1.54, 1.807) is 11.3 Å². The number of hydrogen-bond acceptors (Lipinski definition) is 5. The molecule has 0 atom stereocenters. The molecule has 0 radical (unpaired) electrons. The Labute approximate surface area is 117 Å². The summed E-state index contributed by atoms with van der Waals surface area (Å²) in [5, 5.41) is 6.51. The lowest BCUT2D eigenvalue weighted by Crippen LogP contribution is -2.11. The van der Waals surface area contributed by atoms with E-state index in [0.29, 0.717) is 0 Å². The Kier molecular flexibility index (Phi) is 5.84. The number of ether oxygens (including phenoxy) is 1. The standard InChI is InChI=1S/C13H20N4OS/c1-2-18-10-3-8-17-9-6-16-13(17)15-5-4-12-14-7-11-19-12/h6-7,9,11H,2-5,8,10H2,1H3,(H,15,16). The Hall–Kier alpha value is -1.40. The van der Waals surface area contributed by atoms with Crippen LogP contribution in [-0.2, 0) is 17.7 Å². The zero-order valence-corrected chi connectivity index (χ0v) is 12.0. The van der Waals surface area contributed by atoms with Crippen molar-refractivity contribution >= 4 is 17.3 Å². The summed E-state index contributed by atoms with van der Waals surface area (Å²) in [6.45, 7) is 5.38. The van der Waals surface area contributed by atoms with Crippen LogP contribution < -0.4 is 5.32 Å². The van der Waals surface area contributed by atoms with Gasteiger partial charge in [0.05, 0.1) is 5.01 Å². The molecule has 0 saturated heterocycles. The van der Waals surface area contributed by atoms with Crippen LogP contribution in [0.4, 0.5) is 5.95 Å². The third-order valence-electron chi connectivity index (χ3n) is 2.71. The van der Waals surface area contributed by atoms with Gasteiger partial charge in [-0.3, -0.25) is 0 Å². The van der Waals surface area contributed by atoms with E-state index in [9.17, 15) is 0 Å². The summed E-state index contributed by atoms with van der Waals surface area (Å²) >= 11 is 1.69. The first-order chi connectivity index (χ1) is 9.40. The lowest BCUT2D eigenvalue weighted by atomic mass is 10.4. The molecule has 0 spiro atoms. The van der Waals surface area contributed by atoms with Crippen molar-refractivity contribution in [3.05, 3.63) is 29.0 Å². The minimum atomic E-state index is 0.781. The SMILES string of the molecule is CCOCCCn1ccnc1NCCc1nccs1. The van der Waals surface area contributed by atoms with Gasteiger partial charge in [-0.25, -0.2) is 9.97 Å². The molecule has 0 aromatic carbocycles. The second-order valence-electron chi connectivity index (χ2n) is 4.10. The molecule has 2 rings (SSSR count). The summed E-state index contributed by atoms with van der Waals surface area (Å²) in [6.07, 6.45) is 7.60. The maximum absolute atomic E-state index is 5.34. The average Bonchev–Trinajstić information content (AvgIpc) is 3.07. The zero-order valence-electron chi connectivity index (χ0n) is 11.2. The fourth-order valence-corrected chi connectivity index (χ4v) is 2.42. The molecule has 0 saturated carbocycles. The first kappa shape index (κ1) is 14.0. The van der Waals surface area contributed by atoms with E-state index in [1.807, 2.05) is 30.9 Å². The van der Waals surface area contributed by atoms with Gasteiger partial charge in [0, 0.05) is 56.7 Å². The molecule has 0 fully saturated rings. The normalized spacial score (nSPS) is 10.8. The summed E-state index contributed by atoms with van der Waals surface area (Å²) in [5.41, 5.74) is 0. The number of nitrogens with zero attached hydrogens (tertiary/aromatic N) is 3. The minimum Gasteiger partial charge on any atom is -0.382 e. The Morgan fingerprint density at radius 2 is 2.32 bits per heavy atom. The van der Waals surface area contributed by atoms with E-state index in [1.165, 1.54) is 0 Å². The van der Waals surface area contributed by atoms with Crippen LogP contribution in [0.3, 0.4) is 0 Å². The molecule has 2 aromatic rings. The Morgan fingerprint density at radius 1 is 1.37 bits per heavy atom. The fourth-order valence-electron chi connectivity index (χ4n) is 1.80. The van der Waals surface area contributed by atoms with Gasteiger partial charge in [-0.1, -0.05) is 0 Å². The van der Waals surface area contributed by atoms with Crippen molar-refractivity contribution in [2.24, 2.45) is 0 Å². The second kappa shape index (κ2) is 7.91. The highest BCUT2D eigenvalue weighted by molar-refractivity contribution is 7.09. The molecular formula is C13H20N4OS. The third-order valence-corrected chi connectivity index (χ3v) is 3.55. The maximum Gasteiger partial charge on any atom is 0.202 e. The van der Waals surface area contributed by atoms with Crippen molar-refractivity contribution in [1.82, 2.24) is 14.5 Å². The molecule has 2 aromatic heterocycles. The number of anilines is 1. The van der Waals surface area contributed by atoms with Crippen molar-refractivity contribution in [2.45, 2.75) is 26.3 Å². The molecule has 0 unspecified atom stereocenters. The Bertz CT molecular complexity index is 455. The number of rotatable bonds is 9. The summed E-state index contributed by atoms with van der Waals surface area (Å²) in [4.78, 5) is 8.59. The van der Waals surface area contributed by atoms with Crippen LogP contribution in [0.5, 0.6) is 0 Å². The molecule has 0 bridgehead atoms. The third kappa shape index (κ3) is 4.65. The van der Waals surface area contributed by atoms with Crippen molar-refractivity contribution in [3.8, 4) is 0 Å². The number of aryl methyl sites for hydroxylation is 1. The van der Waals surface area contributed by atoms with Crippen LogP contribution in [0.1, 0.15) is 18.4 Å². The van der Waals surface area contributed by atoms with Gasteiger partial charge in [0.25, 0.3) is 0 Å². The lowest BCUT2D eigenvalue weighted by molar-refractivity contribution is 0.142. The number of imidazole rings is 1. The topological polar surface area (TPSA) is 52.0 Å². The molecule has 5 nitrogen and oxygen atoms in total. The molecule has 0 aliphatic rings. The van der Waals surface area contributed by atoms with Crippen LogP contribution in [0.15, 0.2) is 24.0 Å². The van der Waals surface area contributed by atoms with Crippen molar-refractivity contribution < 1.29 is 4.74 Å². The van der Waals surface area contributed by atoms with Crippen molar-refractivity contribution in [2.75, 3.05) is 25.1 Å². The highest BCUT2D eigenvalue weighted by atomic mass is 32.1. The smallest absolute Gasteiger partial charge is 0.202 e. The monoisotopic (exact) mass is 280 g/mol. The molecule has 1 N–H and O–H groups in total. The van der Waals surface area contributed by atoms with Gasteiger partial charge in [0.1, 0.15) is 0 Å². The maximum atomic E-state index is 5.34. The molecule has 19 heavy (non-hydrogen) atoms.